The highest BCUT2D eigenvalue weighted by molar-refractivity contribution is 5.70. The molecule has 2 unspecified atom stereocenters. The van der Waals surface area contributed by atoms with Crippen molar-refractivity contribution >= 4 is 5.97 Å². The lowest BCUT2D eigenvalue weighted by Crippen LogP contribution is -2.43. The number of rotatable bonds is 3. The average Bonchev–Trinajstić information content (AvgIpc) is 2.75. The van der Waals surface area contributed by atoms with Gasteiger partial charge in [0.1, 0.15) is 0 Å². The highest BCUT2D eigenvalue weighted by Crippen LogP contribution is 2.35. The summed E-state index contributed by atoms with van der Waals surface area (Å²) in [6, 6.07) is 6.35. The third-order valence-electron chi connectivity index (χ3n) is 4.59. The molecular weight excluding hydrogens is 282 g/mol. The van der Waals surface area contributed by atoms with E-state index in [1.165, 1.54) is 0 Å². The summed E-state index contributed by atoms with van der Waals surface area (Å²) in [4.78, 5) is 13.5. The Bertz CT molecular complexity index is 545. The first-order valence-electron chi connectivity index (χ1n) is 7.99. The number of likely N-dealkylation sites (tertiary alicyclic amines) is 1. The summed E-state index contributed by atoms with van der Waals surface area (Å²) >= 11 is 0. The van der Waals surface area contributed by atoms with E-state index in [-0.39, 0.29) is 5.92 Å². The number of nitrogens with zero attached hydrogens (tertiary/aromatic N) is 1. The number of piperidine rings is 1. The summed E-state index contributed by atoms with van der Waals surface area (Å²) in [5.74, 6) is 0.665. The molecule has 0 saturated carbocycles. The quantitative estimate of drug-likeness (QED) is 0.930. The zero-order valence-electron chi connectivity index (χ0n) is 13.0. The normalized spacial score (nSPS) is 25.5. The summed E-state index contributed by atoms with van der Waals surface area (Å²) in [6.45, 7) is 4.81. The molecule has 0 bridgehead atoms. The molecule has 1 aromatic rings. The van der Waals surface area contributed by atoms with Crippen LogP contribution in [-0.2, 0) is 11.3 Å². The van der Waals surface area contributed by atoms with E-state index in [1.54, 1.807) is 0 Å². The predicted molar refractivity (Wildman–Crippen MR) is 82.3 cm³/mol. The first-order chi connectivity index (χ1) is 10.6. The summed E-state index contributed by atoms with van der Waals surface area (Å²) in [5, 5.41) is 9.27. The molecule has 120 valence electrons. The van der Waals surface area contributed by atoms with Crippen molar-refractivity contribution in [3.8, 4) is 11.5 Å². The number of hydrogen-bond acceptors (Lipinski definition) is 4. The number of carboxylic acid groups (broad SMARTS) is 1. The van der Waals surface area contributed by atoms with Crippen molar-refractivity contribution in [2.45, 2.75) is 38.8 Å². The smallest absolute Gasteiger partial charge is 0.307 e. The summed E-state index contributed by atoms with van der Waals surface area (Å²) in [5.41, 5.74) is 1.08. The Balaban J connectivity index is 1.78. The molecule has 2 heterocycles. The van der Waals surface area contributed by atoms with Gasteiger partial charge in [-0.25, -0.2) is 0 Å². The highest BCUT2D eigenvalue weighted by atomic mass is 16.5. The van der Waals surface area contributed by atoms with Crippen LogP contribution in [0.4, 0.5) is 0 Å². The van der Waals surface area contributed by atoms with Crippen LogP contribution in [0, 0.1) is 5.92 Å². The number of hydrogen-bond donors (Lipinski definition) is 1. The first-order valence-corrected chi connectivity index (χ1v) is 7.99. The van der Waals surface area contributed by atoms with Gasteiger partial charge in [0.2, 0.25) is 0 Å². The second-order valence-electron chi connectivity index (χ2n) is 6.19. The third-order valence-corrected chi connectivity index (χ3v) is 4.59. The van der Waals surface area contributed by atoms with Crippen molar-refractivity contribution in [1.29, 1.82) is 0 Å². The van der Waals surface area contributed by atoms with Gasteiger partial charge in [-0.15, -0.1) is 0 Å². The first kappa shape index (κ1) is 15.2. The second-order valence-corrected chi connectivity index (χ2v) is 6.19. The standard InChI is InChI=1S/C17H23NO4/c1-12-6-7-14(17(19)20)11-18(12)10-13-4-2-5-15-16(13)22-9-3-8-21-15/h2,4-5,12,14H,3,6-11H2,1H3,(H,19,20). The molecule has 0 aliphatic carbocycles. The van der Waals surface area contributed by atoms with Gasteiger partial charge in [-0.05, 0) is 25.8 Å². The van der Waals surface area contributed by atoms with Crippen LogP contribution >= 0.6 is 0 Å². The molecule has 0 amide bonds. The average molecular weight is 305 g/mol. The molecule has 0 spiro atoms. The Labute approximate surface area is 130 Å². The number of fused-ring (bicyclic) bond motifs is 1. The monoisotopic (exact) mass is 305 g/mol. The fourth-order valence-corrected chi connectivity index (χ4v) is 3.20. The molecule has 5 nitrogen and oxygen atoms in total. The van der Waals surface area contributed by atoms with Crippen LogP contribution in [0.1, 0.15) is 31.7 Å². The molecule has 0 radical (unpaired) electrons. The zero-order valence-corrected chi connectivity index (χ0v) is 13.0. The highest BCUT2D eigenvalue weighted by Gasteiger charge is 2.30. The van der Waals surface area contributed by atoms with E-state index in [2.05, 4.69) is 11.8 Å². The van der Waals surface area contributed by atoms with Crippen molar-refractivity contribution in [2.24, 2.45) is 5.92 Å². The molecule has 1 saturated heterocycles. The zero-order chi connectivity index (χ0) is 15.5. The van der Waals surface area contributed by atoms with Crippen LogP contribution in [0.3, 0.4) is 0 Å². The van der Waals surface area contributed by atoms with Crippen molar-refractivity contribution in [3.63, 3.8) is 0 Å². The summed E-state index contributed by atoms with van der Waals surface area (Å²) in [6.07, 6.45) is 2.57. The molecule has 0 aromatic heterocycles. The van der Waals surface area contributed by atoms with Crippen LogP contribution in [0.5, 0.6) is 11.5 Å². The van der Waals surface area contributed by atoms with Crippen LogP contribution in [-0.4, -0.2) is 41.8 Å². The Morgan fingerprint density at radius 3 is 2.95 bits per heavy atom. The molecule has 1 aromatic carbocycles. The van der Waals surface area contributed by atoms with Crippen LogP contribution in [0.2, 0.25) is 0 Å². The number of benzene rings is 1. The second kappa shape index (κ2) is 6.57. The molecule has 3 rings (SSSR count). The van der Waals surface area contributed by atoms with Gasteiger partial charge in [0.05, 0.1) is 19.1 Å². The molecular formula is C17H23NO4. The number of carboxylic acids is 1. The van der Waals surface area contributed by atoms with Gasteiger partial charge < -0.3 is 14.6 Å². The largest absolute Gasteiger partial charge is 0.490 e. The van der Waals surface area contributed by atoms with Crippen LogP contribution < -0.4 is 9.47 Å². The summed E-state index contributed by atoms with van der Waals surface area (Å²) in [7, 11) is 0. The fourth-order valence-electron chi connectivity index (χ4n) is 3.20. The number of aliphatic carboxylic acids is 1. The molecule has 5 heteroatoms. The minimum Gasteiger partial charge on any atom is -0.490 e. The van der Waals surface area contributed by atoms with E-state index >= 15 is 0 Å². The van der Waals surface area contributed by atoms with Gasteiger partial charge in [-0.2, -0.15) is 0 Å². The minimum atomic E-state index is -0.691. The molecule has 2 atom stereocenters. The van der Waals surface area contributed by atoms with Gasteiger partial charge >= 0.3 is 5.97 Å². The summed E-state index contributed by atoms with van der Waals surface area (Å²) < 4.78 is 11.6. The third kappa shape index (κ3) is 3.19. The maximum atomic E-state index is 11.3. The number of ether oxygens (including phenoxy) is 2. The van der Waals surface area contributed by atoms with Gasteiger partial charge in [0.15, 0.2) is 11.5 Å². The molecule has 22 heavy (non-hydrogen) atoms. The van der Waals surface area contributed by atoms with Gasteiger partial charge in [0, 0.05) is 31.1 Å². The van der Waals surface area contributed by atoms with E-state index in [4.69, 9.17) is 9.47 Å². The van der Waals surface area contributed by atoms with Crippen LogP contribution in [0.25, 0.3) is 0 Å². The van der Waals surface area contributed by atoms with E-state index in [9.17, 15) is 9.90 Å². The lowest BCUT2D eigenvalue weighted by molar-refractivity contribution is -0.144. The van der Waals surface area contributed by atoms with Gasteiger partial charge in [-0.1, -0.05) is 12.1 Å². The van der Waals surface area contributed by atoms with Crippen molar-refractivity contribution in [2.75, 3.05) is 19.8 Å². The van der Waals surface area contributed by atoms with Crippen molar-refractivity contribution in [3.05, 3.63) is 23.8 Å². The predicted octanol–water partition coefficient (Wildman–Crippen LogP) is 2.53. The maximum absolute atomic E-state index is 11.3. The van der Waals surface area contributed by atoms with Gasteiger partial charge in [0.25, 0.3) is 0 Å². The lowest BCUT2D eigenvalue weighted by Gasteiger charge is -2.36. The minimum absolute atomic E-state index is 0.268. The van der Waals surface area contributed by atoms with E-state index < -0.39 is 5.97 Å². The van der Waals surface area contributed by atoms with E-state index in [1.807, 2.05) is 18.2 Å². The van der Waals surface area contributed by atoms with Crippen molar-refractivity contribution in [1.82, 2.24) is 4.90 Å². The molecule has 1 N–H and O–H groups in total. The number of carbonyl (C=O) groups is 1. The molecule has 2 aliphatic heterocycles. The molecule has 1 fully saturated rings. The maximum Gasteiger partial charge on any atom is 0.307 e. The lowest BCUT2D eigenvalue weighted by atomic mass is 9.93. The van der Waals surface area contributed by atoms with Gasteiger partial charge in [-0.3, -0.25) is 9.69 Å². The Morgan fingerprint density at radius 1 is 1.32 bits per heavy atom. The van der Waals surface area contributed by atoms with E-state index in [0.717, 1.165) is 36.3 Å². The molecule has 2 aliphatic rings. The Hall–Kier alpha value is -1.75. The Morgan fingerprint density at radius 2 is 2.14 bits per heavy atom. The fraction of sp³-hybridized carbons (Fsp3) is 0.588. The topological polar surface area (TPSA) is 59.0 Å². The number of para-hydroxylation sites is 1. The Kier molecular flexibility index (Phi) is 4.52. The SMILES string of the molecule is CC1CCC(C(=O)O)CN1Cc1cccc2c1OCCCO2. The van der Waals surface area contributed by atoms with Crippen molar-refractivity contribution < 1.29 is 19.4 Å². The van der Waals surface area contributed by atoms with E-state index in [0.29, 0.717) is 32.3 Å². The van der Waals surface area contributed by atoms with Crippen LogP contribution in [0.15, 0.2) is 18.2 Å².